The maximum atomic E-state index is 13.6. The van der Waals surface area contributed by atoms with E-state index in [1.165, 1.54) is 12.1 Å². The lowest BCUT2D eigenvalue weighted by Crippen LogP contribution is -2.11. The molecule has 0 fully saturated rings. The fourth-order valence-corrected chi connectivity index (χ4v) is 1.50. The van der Waals surface area contributed by atoms with Crippen molar-refractivity contribution in [2.45, 2.75) is 13.5 Å². The molecule has 0 radical (unpaired) electrons. The highest BCUT2D eigenvalue weighted by molar-refractivity contribution is 6.31. The average Bonchev–Trinajstić information content (AvgIpc) is 2.80. The summed E-state index contributed by atoms with van der Waals surface area (Å²) in [5, 5.41) is 13.3. The normalized spacial score (nSPS) is 10.6. The Hall–Kier alpha value is -1.66. The molecule has 1 aromatic heterocycles. The molecule has 0 spiro atoms. The van der Waals surface area contributed by atoms with Crippen LogP contribution in [0.25, 0.3) is 0 Å². The van der Waals surface area contributed by atoms with Crippen LogP contribution < -0.4 is 10.6 Å². The second-order valence-electron chi connectivity index (χ2n) is 3.51. The summed E-state index contributed by atoms with van der Waals surface area (Å²) in [4.78, 5) is 0. The predicted octanol–water partition coefficient (Wildman–Crippen LogP) is 2.72. The molecule has 18 heavy (non-hydrogen) atoms. The number of hydrogen-bond acceptors (Lipinski definition) is 5. The number of halogens is 2. The highest BCUT2D eigenvalue weighted by Crippen LogP contribution is 2.24. The van der Waals surface area contributed by atoms with Gasteiger partial charge < -0.3 is 15.1 Å². The Morgan fingerprint density at radius 3 is 3.00 bits per heavy atom. The molecule has 1 aromatic carbocycles. The molecule has 1 heterocycles. The molecule has 2 aromatic rings. The maximum absolute atomic E-state index is 13.6. The van der Waals surface area contributed by atoms with Gasteiger partial charge in [-0.2, -0.15) is 0 Å². The van der Waals surface area contributed by atoms with Gasteiger partial charge in [-0.05, 0) is 18.7 Å². The van der Waals surface area contributed by atoms with E-state index in [1.54, 1.807) is 6.07 Å². The third kappa shape index (κ3) is 2.96. The molecule has 0 aliphatic heterocycles. The van der Waals surface area contributed by atoms with Gasteiger partial charge in [-0.3, -0.25) is 0 Å². The van der Waals surface area contributed by atoms with E-state index in [-0.39, 0.29) is 16.7 Å². The van der Waals surface area contributed by atoms with Crippen molar-refractivity contribution in [3.63, 3.8) is 0 Å². The lowest BCUT2D eigenvalue weighted by molar-refractivity contribution is 0.484. The van der Waals surface area contributed by atoms with Gasteiger partial charge in [0.25, 0.3) is 0 Å². The monoisotopic (exact) mass is 270 g/mol. The van der Waals surface area contributed by atoms with Crippen molar-refractivity contribution in [2.75, 3.05) is 11.9 Å². The number of anilines is 2. The molecule has 0 amide bonds. The molecule has 0 saturated heterocycles. The van der Waals surface area contributed by atoms with E-state index in [0.29, 0.717) is 12.4 Å². The van der Waals surface area contributed by atoms with Gasteiger partial charge in [-0.1, -0.05) is 29.7 Å². The quantitative estimate of drug-likeness (QED) is 0.875. The molecule has 0 saturated carbocycles. The Labute approximate surface area is 108 Å². The van der Waals surface area contributed by atoms with Crippen molar-refractivity contribution >= 4 is 23.3 Å². The minimum atomic E-state index is -0.550. The van der Waals surface area contributed by atoms with Crippen LogP contribution >= 0.6 is 11.6 Å². The van der Waals surface area contributed by atoms with Crippen molar-refractivity contribution in [3.8, 4) is 0 Å². The van der Waals surface area contributed by atoms with Gasteiger partial charge in [0.2, 0.25) is 5.89 Å². The fourth-order valence-electron chi connectivity index (χ4n) is 1.32. The summed E-state index contributed by atoms with van der Waals surface area (Å²) in [6, 6.07) is 4.76. The molecule has 0 atom stereocenters. The first-order valence-corrected chi connectivity index (χ1v) is 5.82. The summed E-state index contributed by atoms with van der Waals surface area (Å²) in [6.45, 7) is 3.24. The van der Waals surface area contributed by atoms with Crippen molar-refractivity contribution in [3.05, 3.63) is 34.9 Å². The van der Waals surface area contributed by atoms with Crippen LogP contribution in [0.3, 0.4) is 0 Å². The summed E-state index contributed by atoms with van der Waals surface area (Å²) >= 11 is 5.66. The van der Waals surface area contributed by atoms with E-state index in [0.717, 1.165) is 6.54 Å². The fraction of sp³-hybridized carbons (Fsp3) is 0.273. The van der Waals surface area contributed by atoms with Crippen LogP contribution in [0.4, 0.5) is 16.1 Å². The second-order valence-corrected chi connectivity index (χ2v) is 3.91. The molecule has 0 aliphatic rings. The van der Waals surface area contributed by atoms with Crippen LogP contribution in [0.1, 0.15) is 12.8 Å². The summed E-state index contributed by atoms with van der Waals surface area (Å²) < 4.78 is 18.9. The highest BCUT2D eigenvalue weighted by atomic mass is 35.5. The number of nitrogens with one attached hydrogen (secondary N) is 2. The Morgan fingerprint density at radius 1 is 1.39 bits per heavy atom. The van der Waals surface area contributed by atoms with Gasteiger partial charge in [-0.15, -0.1) is 5.10 Å². The third-order valence-electron chi connectivity index (χ3n) is 2.19. The molecule has 96 valence electrons. The Kier molecular flexibility index (Phi) is 4.11. The van der Waals surface area contributed by atoms with Crippen LogP contribution in [0.15, 0.2) is 22.6 Å². The summed E-state index contributed by atoms with van der Waals surface area (Å²) in [5.74, 6) is -0.118. The van der Waals surface area contributed by atoms with E-state index >= 15 is 0 Å². The van der Waals surface area contributed by atoms with Crippen LogP contribution in [0.5, 0.6) is 0 Å². The van der Waals surface area contributed by atoms with Gasteiger partial charge in [-0.25, -0.2) is 4.39 Å². The number of benzene rings is 1. The SMILES string of the molecule is CCNCc1nnc(Nc2cccc(Cl)c2F)o1. The smallest absolute Gasteiger partial charge is 0.320 e. The highest BCUT2D eigenvalue weighted by Gasteiger charge is 2.10. The molecular weight excluding hydrogens is 259 g/mol. The number of nitrogens with zero attached hydrogens (tertiary/aromatic N) is 2. The van der Waals surface area contributed by atoms with Crippen molar-refractivity contribution in [1.82, 2.24) is 15.5 Å². The Morgan fingerprint density at radius 2 is 2.22 bits per heavy atom. The molecular formula is C11H12ClFN4O. The first-order chi connectivity index (χ1) is 8.70. The first-order valence-electron chi connectivity index (χ1n) is 5.45. The first kappa shape index (κ1) is 12.8. The van der Waals surface area contributed by atoms with Gasteiger partial charge in [0.15, 0.2) is 5.82 Å². The summed E-state index contributed by atoms with van der Waals surface area (Å²) in [6.07, 6.45) is 0. The average molecular weight is 271 g/mol. The summed E-state index contributed by atoms with van der Waals surface area (Å²) in [7, 11) is 0. The van der Waals surface area contributed by atoms with E-state index in [2.05, 4.69) is 20.8 Å². The Bertz CT molecular complexity index is 532. The zero-order valence-electron chi connectivity index (χ0n) is 9.70. The maximum Gasteiger partial charge on any atom is 0.320 e. The van der Waals surface area contributed by atoms with Crippen molar-refractivity contribution in [2.24, 2.45) is 0 Å². The van der Waals surface area contributed by atoms with E-state index in [9.17, 15) is 4.39 Å². The lowest BCUT2D eigenvalue weighted by atomic mass is 10.3. The zero-order chi connectivity index (χ0) is 13.0. The van der Waals surface area contributed by atoms with Gasteiger partial charge >= 0.3 is 6.01 Å². The van der Waals surface area contributed by atoms with Gasteiger partial charge in [0, 0.05) is 0 Å². The van der Waals surface area contributed by atoms with Crippen LogP contribution in [-0.4, -0.2) is 16.7 Å². The van der Waals surface area contributed by atoms with E-state index in [4.69, 9.17) is 16.0 Å². The lowest BCUT2D eigenvalue weighted by Gasteiger charge is -2.03. The van der Waals surface area contributed by atoms with Crippen molar-refractivity contribution in [1.29, 1.82) is 0 Å². The largest absolute Gasteiger partial charge is 0.406 e. The Balaban J connectivity index is 2.09. The molecule has 0 aliphatic carbocycles. The zero-order valence-corrected chi connectivity index (χ0v) is 10.5. The molecule has 0 bridgehead atoms. The molecule has 2 N–H and O–H groups in total. The van der Waals surface area contributed by atoms with E-state index < -0.39 is 5.82 Å². The van der Waals surface area contributed by atoms with Crippen molar-refractivity contribution < 1.29 is 8.81 Å². The van der Waals surface area contributed by atoms with Gasteiger partial charge in [0.1, 0.15) is 0 Å². The van der Waals surface area contributed by atoms with Gasteiger partial charge in [0.05, 0.1) is 17.3 Å². The number of rotatable bonds is 5. The molecule has 5 nitrogen and oxygen atoms in total. The summed E-state index contributed by atoms with van der Waals surface area (Å²) in [5.41, 5.74) is 0.196. The molecule has 0 unspecified atom stereocenters. The van der Waals surface area contributed by atoms with E-state index in [1.807, 2.05) is 6.92 Å². The standard InChI is InChI=1S/C11H12ClFN4O/c1-2-14-6-9-16-17-11(18-9)15-8-5-3-4-7(12)10(8)13/h3-5,14H,2,6H2,1H3,(H,15,17). The second kappa shape index (κ2) is 5.79. The third-order valence-corrected chi connectivity index (χ3v) is 2.48. The molecule has 7 heteroatoms. The number of aromatic nitrogens is 2. The minimum Gasteiger partial charge on any atom is -0.406 e. The topological polar surface area (TPSA) is 63.0 Å². The predicted molar refractivity (Wildman–Crippen MR) is 66.4 cm³/mol. The van der Waals surface area contributed by atoms with Crippen LogP contribution in [0.2, 0.25) is 5.02 Å². The molecule has 2 rings (SSSR count). The van der Waals surface area contributed by atoms with Crippen LogP contribution in [0, 0.1) is 5.82 Å². The minimum absolute atomic E-state index is 0.0346. The van der Waals surface area contributed by atoms with Crippen LogP contribution in [-0.2, 0) is 6.54 Å². The number of hydrogen-bond donors (Lipinski definition) is 2.